The summed E-state index contributed by atoms with van der Waals surface area (Å²) in [6.07, 6.45) is 1.25. The summed E-state index contributed by atoms with van der Waals surface area (Å²) in [5.74, 6) is -1.39. The van der Waals surface area contributed by atoms with Crippen LogP contribution in [0.2, 0.25) is 0 Å². The van der Waals surface area contributed by atoms with Crippen LogP contribution in [0.3, 0.4) is 0 Å². The van der Waals surface area contributed by atoms with Crippen LogP contribution in [0, 0.1) is 0 Å². The van der Waals surface area contributed by atoms with E-state index in [0.29, 0.717) is 0 Å². The molecule has 1 aromatic heterocycles. The standard InChI is InChI=1S/C7H11N3O4/c1-7(14,5(11)12)3-10-6(13)9(2)4-8-10/h4,14H,3H2,1-2H3,(H,11,12). The molecule has 14 heavy (non-hydrogen) atoms. The van der Waals surface area contributed by atoms with E-state index in [0.717, 1.165) is 11.6 Å². The second kappa shape index (κ2) is 3.26. The third-order valence-electron chi connectivity index (χ3n) is 1.81. The first kappa shape index (κ1) is 10.5. The SMILES string of the molecule is Cn1cnn(CC(C)(O)C(=O)O)c1=O. The lowest BCUT2D eigenvalue weighted by Gasteiger charge is -2.16. The number of carbonyl (C=O) groups is 1. The molecule has 0 bridgehead atoms. The summed E-state index contributed by atoms with van der Waals surface area (Å²) in [6.45, 7) is 0.735. The van der Waals surface area contributed by atoms with Crippen molar-refractivity contribution in [2.24, 2.45) is 7.05 Å². The van der Waals surface area contributed by atoms with Gasteiger partial charge in [-0.3, -0.25) is 4.57 Å². The van der Waals surface area contributed by atoms with Gasteiger partial charge in [-0.1, -0.05) is 0 Å². The van der Waals surface area contributed by atoms with Crippen molar-refractivity contribution in [1.29, 1.82) is 0 Å². The van der Waals surface area contributed by atoms with Crippen LogP contribution >= 0.6 is 0 Å². The van der Waals surface area contributed by atoms with Gasteiger partial charge in [-0.2, -0.15) is 5.10 Å². The van der Waals surface area contributed by atoms with E-state index < -0.39 is 17.3 Å². The Morgan fingerprint density at radius 1 is 1.71 bits per heavy atom. The molecule has 1 heterocycles. The minimum Gasteiger partial charge on any atom is -0.479 e. The normalized spacial score (nSPS) is 15.1. The molecule has 7 nitrogen and oxygen atoms in total. The first-order chi connectivity index (χ1) is 6.34. The smallest absolute Gasteiger partial charge is 0.345 e. The van der Waals surface area contributed by atoms with Crippen molar-refractivity contribution in [2.45, 2.75) is 19.1 Å². The first-order valence-electron chi connectivity index (χ1n) is 3.89. The van der Waals surface area contributed by atoms with Gasteiger partial charge in [0.15, 0.2) is 5.60 Å². The van der Waals surface area contributed by atoms with E-state index in [1.54, 1.807) is 0 Å². The minimum absolute atomic E-state index is 0.373. The van der Waals surface area contributed by atoms with E-state index >= 15 is 0 Å². The second-order valence-corrected chi connectivity index (χ2v) is 3.26. The Balaban J connectivity index is 2.95. The molecule has 0 spiro atoms. The van der Waals surface area contributed by atoms with Crippen LogP contribution in [0.1, 0.15) is 6.92 Å². The highest BCUT2D eigenvalue weighted by atomic mass is 16.4. The van der Waals surface area contributed by atoms with E-state index in [1.807, 2.05) is 0 Å². The lowest BCUT2D eigenvalue weighted by molar-refractivity contribution is -0.158. The molecule has 1 rings (SSSR count). The zero-order chi connectivity index (χ0) is 10.9. The van der Waals surface area contributed by atoms with Gasteiger partial charge in [0.2, 0.25) is 0 Å². The van der Waals surface area contributed by atoms with Gasteiger partial charge in [0, 0.05) is 7.05 Å². The lowest BCUT2D eigenvalue weighted by Crippen LogP contribution is -2.42. The number of nitrogens with zero attached hydrogens (tertiary/aromatic N) is 3. The molecule has 0 amide bonds. The van der Waals surface area contributed by atoms with Gasteiger partial charge in [-0.15, -0.1) is 0 Å². The number of aryl methyl sites for hydroxylation is 1. The number of aliphatic hydroxyl groups is 1. The highest BCUT2D eigenvalue weighted by molar-refractivity contribution is 5.76. The number of aliphatic carboxylic acids is 1. The molecule has 0 saturated heterocycles. The summed E-state index contributed by atoms with van der Waals surface area (Å²) in [5.41, 5.74) is -2.45. The van der Waals surface area contributed by atoms with Gasteiger partial charge in [-0.25, -0.2) is 14.3 Å². The number of carboxylic acid groups (broad SMARTS) is 1. The summed E-state index contributed by atoms with van der Waals surface area (Å²) < 4.78 is 2.09. The van der Waals surface area contributed by atoms with Crippen LogP contribution in [-0.2, 0) is 18.4 Å². The van der Waals surface area contributed by atoms with Gasteiger partial charge >= 0.3 is 11.7 Å². The number of carboxylic acids is 1. The summed E-state index contributed by atoms with van der Waals surface area (Å²) in [4.78, 5) is 21.8. The van der Waals surface area contributed by atoms with Crippen LogP contribution in [0.25, 0.3) is 0 Å². The van der Waals surface area contributed by atoms with Crippen molar-refractivity contribution >= 4 is 5.97 Å². The fourth-order valence-corrected chi connectivity index (χ4v) is 0.888. The fraction of sp³-hybridized carbons (Fsp3) is 0.571. The van der Waals surface area contributed by atoms with E-state index in [4.69, 9.17) is 5.11 Å². The van der Waals surface area contributed by atoms with Gasteiger partial charge in [0.1, 0.15) is 6.33 Å². The average molecular weight is 201 g/mol. The fourth-order valence-electron chi connectivity index (χ4n) is 0.888. The third-order valence-corrected chi connectivity index (χ3v) is 1.81. The Kier molecular flexibility index (Phi) is 2.43. The van der Waals surface area contributed by atoms with Gasteiger partial charge < -0.3 is 10.2 Å². The minimum atomic E-state index is -1.99. The van der Waals surface area contributed by atoms with Crippen LogP contribution in [0.5, 0.6) is 0 Å². The maximum absolute atomic E-state index is 11.2. The maximum atomic E-state index is 11.2. The molecule has 1 aromatic rings. The molecule has 1 atom stereocenters. The molecule has 78 valence electrons. The van der Waals surface area contributed by atoms with E-state index in [1.165, 1.54) is 17.9 Å². The number of hydrogen-bond donors (Lipinski definition) is 2. The van der Waals surface area contributed by atoms with E-state index in [-0.39, 0.29) is 6.54 Å². The highest BCUT2D eigenvalue weighted by Crippen LogP contribution is 2.04. The zero-order valence-electron chi connectivity index (χ0n) is 7.84. The molecule has 2 N–H and O–H groups in total. The molecule has 0 radical (unpaired) electrons. The Labute approximate surface area is 79.2 Å². The van der Waals surface area contributed by atoms with Crippen LogP contribution in [0.4, 0.5) is 0 Å². The Hall–Kier alpha value is -1.63. The quantitative estimate of drug-likeness (QED) is 0.615. The molecular formula is C7H11N3O4. The van der Waals surface area contributed by atoms with Crippen LogP contribution in [0.15, 0.2) is 11.1 Å². The van der Waals surface area contributed by atoms with E-state index in [9.17, 15) is 14.7 Å². The number of hydrogen-bond acceptors (Lipinski definition) is 4. The number of aromatic nitrogens is 3. The summed E-state index contributed by atoms with van der Waals surface area (Å²) in [7, 11) is 1.49. The Morgan fingerprint density at radius 2 is 2.29 bits per heavy atom. The van der Waals surface area contributed by atoms with Crippen molar-refractivity contribution in [2.75, 3.05) is 0 Å². The second-order valence-electron chi connectivity index (χ2n) is 3.26. The Morgan fingerprint density at radius 3 is 2.64 bits per heavy atom. The lowest BCUT2D eigenvalue weighted by atomic mass is 10.1. The molecule has 0 aliphatic heterocycles. The van der Waals surface area contributed by atoms with Crippen molar-refractivity contribution in [1.82, 2.24) is 14.3 Å². The highest BCUT2D eigenvalue weighted by Gasteiger charge is 2.31. The summed E-state index contributed by atoms with van der Waals surface area (Å²) >= 11 is 0. The van der Waals surface area contributed by atoms with Crippen molar-refractivity contribution in [3.05, 3.63) is 16.8 Å². The summed E-state index contributed by atoms with van der Waals surface area (Å²) in [6, 6.07) is 0. The molecular weight excluding hydrogens is 190 g/mol. The van der Waals surface area contributed by atoms with Crippen LogP contribution < -0.4 is 5.69 Å². The monoisotopic (exact) mass is 201 g/mol. The molecule has 0 aromatic carbocycles. The van der Waals surface area contributed by atoms with Gasteiger partial charge in [0.25, 0.3) is 0 Å². The van der Waals surface area contributed by atoms with Crippen molar-refractivity contribution in [3.63, 3.8) is 0 Å². The molecule has 0 saturated carbocycles. The largest absolute Gasteiger partial charge is 0.479 e. The van der Waals surface area contributed by atoms with Crippen molar-refractivity contribution in [3.8, 4) is 0 Å². The van der Waals surface area contributed by atoms with Gasteiger partial charge in [-0.05, 0) is 6.92 Å². The molecule has 0 aliphatic carbocycles. The summed E-state index contributed by atoms with van der Waals surface area (Å²) in [5, 5.41) is 21.6. The topological polar surface area (TPSA) is 97.3 Å². The first-order valence-corrected chi connectivity index (χ1v) is 3.89. The maximum Gasteiger partial charge on any atom is 0.345 e. The Bertz CT molecular complexity index is 403. The van der Waals surface area contributed by atoms with Crippen molar-refractivity contribution < 1.29 is 15.0 Å². The molecule has 0 aliphatic rings. The van der Waals surface area contributed by atoms with Gasteiger partial charge in [0.05, 0.1) is 6.54 Å². The average Bonchev–Trinajstić information content (AvgIpc) is 2.35. The molecule has 0 fully saturated rings. The predicted molar refractivity (Wildman–Crippen MR) is 45.7 cm³/mol. The number of rotatable bonds is 3. The van der Waals surface area contributed by atoms with E-state index in [2.05, 4.69) is 5.10 Å². The third kappa shape index (κ3) is 1.82. The molecule has 1 unspecified atom stereocenters. The molecule has 7 heteroatoms. The zero-order valence-corrected chi connectivity index (χ0v) is 7.84. The predicted octanol–water partition coefficient (Wildman–Crippen LogP) is -1.58. The van der Waals surface area contributed by atoms with Crippen LogP contribution in [-0.4, -0.2) is 36.1 Å².